The van der Waals surface area contributed by atoms with Gasteiger partial charge in [0.15, 0.2) is 0 Å². The summed E-state index contributed by atoms with van der Waals surface area (Å²) in [6.07, 6.45) is 5.98. The van der Waals surface area contributed by atoms with E-state index in [1.807, 2.05) is 30.6 Å². The Morgan fingerprint density at radius 2 is 1.79 bits per heavy atom. The number of benzene rings is 2. The predicted molar refractivity (Wildman–Crippen MR) is 98.5 cm³/mol. The van der Waals surface area contributed by atoms with Crippen molar-refractivity contribution in [2.75, 3.05) is 0 Å². The Morgan fingerprint density at radius 3 is 2.58 bits per heavy atom. The molecule has 1 aromatic heterocycles. The fourth-order valence-electron chi connectivity index (χ4n) is 3.12. The van der Waals surface area contributed by atoms with Crippen LogP contribution in [0.3, 0.4) is 0 Å². The molecule has 0 fully saturated rings. The van der Waals surface area contributed by atoms with Crippen LogP contribution < -0.4 is 0 Å². The Balaban J connectivity index is 1.73. The van der Waals surface area contributed by atoms with Crippen LogP contribution in [0.25, 0.3) is 5.57 Å². The van der Waals surface area contributed by atoms with Crippen molar-refractivity contribution in [3.8, 4) is 0 Å². The summed E-state index contributed by atoms with van der Waals surface area (Å²) in [5.74, 6) is 0. The molecule has 0 unspecified atom stereocenters. The van der Waals surface area contributed by atoms with Crippen LogP contribution in [0.2, 0.25) is 5.02 Å². The van der Waals surface area contributed by atoms with Crippen LogP contribution >= 0.6 is 11.6 Å². The Bertz CT molecular complexity index is 870. The van der Waals surface area contributed by atoms with Gasteiger partial charge in [-0.2, -0.15) is 0 Å². The molecule has 2 nitrogen and oxygen atoms in total. The molecule has 0 bridgehead atoms. The zero-order valence-corrected chi connectivity index (χ0v) is 13.9. The second-order valence-corrected chi connectivity index (χ2v) is 6.41. The summed E-state index contributed by atoms with van der Waals surface area (Å²) in [5.41, 5.74) is 6.26. The van der Waals surface area contributed by atoms with Gasteiger partial charge in [0.05, 0.1) is 0 Å². The number of aromatic nitrogens is 1. The lowest BCUT2D eigenvalue weighted by molar-refractivity contribution is 0.357. The summed E-state index contributed by atoms with van der Waals surface area (Å²) in [6, 6.07) is 20.7. The molecule has 2 heterocycles. The van der Waals surface area contributed by atoms with Crippen LogP contribution in [-0.4, -0.2) is 9.88 Å². The van der Waals surface area contributed by atoms with Crippen molar-refractivity contribution >= 4 is 17.2 Å². The molecular formula is C21H17ClN2. The Morgan fingerprint density at radius 1 is 0.958 bits per heavy atom. The van der Waals surface area contributed by atoms with E-state index >= 15 is 0 Å². The van der Waals surface area contributed by atoms with Gasteiger partial charge in [-0.1, -0.05) is 54.1 Å². The van der Waals surface area contributed by atoms with Gasteiger partial charge in [0.25, 0.3) is 0 Å². The highest BCUT2D eigenvalue weighted by molar-refractivity contribution is 6.30. The second-order valence-electron chi connectivity index (χ2n) is 5.97. The fraction of sp³-hybridized carbons (Fsp3) is 0.0952. The van der Waals surface area contributed by atoms with E-state index in [9.17, 15) is 0 Å². The highest BCUT2D eigenvalue weighted by Gasteiger charge is 2.18. The summed E-state index contributed by atoms with van der Waals surface area (Å²) in [6.45, 7) is 1.75. The topological polar surface area (TPSA) is 16.1 Å². The highest BCUT2D eigenvalue weighted by Crippen LogP contribution is 2.32. The number of hydrogen-bond donors (Lipinski definition) is 0. The zero-order valence-electron chi connectivity index (χ0n) is 13.2. The molecule has 1 aliphatic heterocycles. The van der Waals surface area contributed by atoms with Crippen molar-refractivity contribution < 1.29 is 0 Å². The first-order valence-electron chi connectivity index (χ1n) is 7.98. The number of halogens is 1. The van der Waals surface area contributed by atoms with Crippen LogP contribution in [0.15, 0.2) is 79.3 Å². The molecule has 0 radical (unpaired) electrons. The molecule has 0 saturated carbocycles. The minimum Gasteiger partial charge on any atom is -0.368 e. The standard InChI is InChI=1S/C21H17ClN2/c22-19-9-7-17(8-10-19)21-15-24(13-16-4-3-11-23-12-16)14-18-5-1-2-6-20(18)21/h1-12,15H,13-14H2. The van der Waals surface area contributed by atoms with Crippen LogP contribution in [0.5, 0.6) is 0 Å². The van der Waals surface area contributed by atoms with Crippen molar-refractivity contribution in [1.29, 1.82) is 0 Å². The molecule has 0 spiro atoms. The van der Waals surface area contributed by atoms with Gasteiger partial charge in [0.1, 0.15) is 0 Å². The lowest BCUT2D eigenvalue weighted by Crippen LogP contribution is -2.21. The van der Waals surface area contributed by atoms with E-state index in [-0.39, 0.29) is 0 Å². The van der Waals surface area contributed by atoms with Gasteiger partial charge in [0, 0.05) is 42.3 Å². The SMILES string of the molecule is Clc1ccc(C2=CN(Cc3cccnc3)Cc3ccccc32)cc1. The normalized spacial score (nSPS) is 13.4. The first-order valence-corrected chi connectivity index (χ1v) is 8.36. The maximum Gasteiger partial charge on any atom is 0.0443 e. The second kappa shape index (κ2) is 6.50. The maximum absolute atomic E-state index is 6.05. The van der Waals surface area contributed by atoms with Crippen molar-refractivity contribution in [2.45, 2.75) is 13.1 Å². The molecule has 0 saturated heterocycles. The monoisotopic (exact) mass is 332 g/mol. The van der Waals surface area contributed by atoms with Gasteiger partial charge in [-0.3, -0.25) is 4.98 Å². The lowest BCUT2D eigenvalue weighted by atomic mass is 9.92. The molecule has 0 aliphatic carbocycles. The molecule has 0 amide bonds. The van der Waals surface area contributed by atoms with Crippen molar-refractivity contribution in [2.24, 2.45) is 0 Å². The molecule has 3 aromatic rings. The summed E-state index contributed by atoms with van der Waals surface area (Å²) in [5, 5.41) is 0.760. The highest BCUT2D eigenvalue weighted by atomic mass is 35.5. The maximum atomic E-state index is 6.05. The van der Waals surface area contributed by atoms with Crippen LogP contribution in [0, 0.1) is 0 Å². The van der Waals surface area contributed by atoms with E-state index in [1.54, 1.807) is 0 Å². The molecule has 118 valence electrons. The van der Waals surface area contributed by atoms with E-state index in [0.29, 0.717) is 0 Å². The van der Waals surface area contributed by atoms with E-state index in [1.165, 1.54) is 27.8 Å². The molecule has 3 heteroatoms. The third kappa shape index (κ3) is 3.06. The third-order valence-corrected chi connectivity index (χ3v) is 4.51. The van der Waals surface area contributed by atoms with Gasteiger partial charge in [-0.05, 0) is 40.5 Å². The van der Waals surface area contributed by atoms with Crippen molar-refractivity contribution in [1.82, 2.24) is 9.88 Å². The van der Waals surface area contributed by atoms with Crippen LogP contribution in [0.1, 0.15) is 22.3 Å². The van der Waals surface area contributed by atoms with Gasteiger partial charge in [-0.25, -0.2) is 0 Å². The molecule has 0 N–H and O–H groups in total. The summed E-state index contributed by atoms with van der Waals surface area (Å²) in [7, 11) is 0. The first-order chi connectivity index (χ1) is 11.8. The Kier molecular flexibility index (Phi) is 4.06. The number of hydrogen-bond acceptors (Lipinski definition) is 2. The number of fused-ring (bicyclic) bond motifs is 1. The molecule has 2 aromatic carbocycles. The largest absolute Gasteiger partial charge is 0.368 e. The van der Waals surface area contributed by atoms with Crippen molar-refractivity contribution in [3.63, 3.8) is 0 Å². The summed E-state index contributed by atoms with van der Waals surface area (Å²) < 4.78 is 0. The van der Waals surface area contributed by atoms with Crippen LogP contribution in [0.4, 0.5) is 0 Å². The number of rotatable bonds is 3. The van der Waals surface area contributed by atoms with Gasteiger partial charge >= 0.3 is 0 Å². The fourth-order valence-corrected chi connectivity index (χ4v) is 3.25. The minimum absolute atomic E-state index is 0.760. The molecular weight excluding hydrogens is 316 g/mol. The zero-order chi connectivity index (χ0) is 16.4. The minimum atomic E-state index is 0.760. The van der Waals surface area contributed by atoms with E-state index in [0.717, 1.165) is 18.1 Å². The first kappa shape index (κ1) is 15.0. The molecule has 0 atom stereocenters. The van der Waals surface area contributed by atoms with Crippen LogP contribution in [-0.2, 0) is 13.1 Å². The third-order valence-electron chi connectivity index (χ3n) is 4.26. The van der Waals surface area contributed by atoms with Gasteiger partial charge in [-0.15, -0.1) is 0 Å². The lowest BCUT2D eigenvalue weighted by Gasteiger charge is -2.29. The molecule has 1 aliphatic rings. The van der Waals surface area contributed by atoms with Gasteiger partial charge in [0.2, 0.25) is 0 Å². The summed E-state index contributed by atoms with van der Waals surface area (Å²) in [4.78, 5) is 6.56. The molecule has 4 rings (SSSR count). The number of nitrogens with zero attached hydrogens (tertiary/aromatic N) is 2. The van der Waals surface area contributed by atoms with E-state index in [4.69, 9.17) is 11.6 Å². The van der Waals surface area contributed by atoms with Crippen molar-refractivity contribution in [3.05, 3.63) is 107 Å². The Labute approximate surface area is 147 Å². The quantitative estimate of drug-likeness (QED) is 0.660. The predicted octanol–water partition coefficient (Wildman–Crippen LogP) is 5.14. The average molecular weight is 333 g/mol. The summed E-state index contributed by atoms with van der Waals surface area (Å²) >= 11 is 6.05. The smallest absolute Gasteiger partial charge is 0.0443 e. The Hall–Kier alpha value is -2.58. The number of pyridine rings is 1. The molecule has 24 heavy (non-hydrogen) atoms. The van der Waals surface area contributed by atoms with E-state index < -0.39 is 0 Å². The van der Waals surface area contributed by atoms with E-state index in [2.05, 4.69) is 58.5 Å². The van der Waals surface area contributed by atoms with Gasteiger partial charge < -0.3 is 4.90 Å². The average Bonchev–Trinajstić information content (AvgIpc) is 2.63.